The Balaban J connectivity index is 1.11. The van der Waals surface area contributed by atoms with Crippen molar-refractivity contribution < 1.29 is 4.52 Å². The molecular weight excluding hydrogens is 426 g/mol. The minimum Gasteiger partial charge on any atom is -0.337 e. The highest BCUT2D eigenvalue weighted by molar-refractivity contribution is 7.16. The summed E-state index contributed by atoms with van der Waals surface area (Å²) in [5.74, 6) is 2.37. The number of aromatic nitrogens is 7. The summed E-state index contributed by atoms with van der Waals surface area (Å²) in [6.45, 7) is 0.191. The van der Waals surface area contributed by atoms with Crippen LogP contribution in [0.2, 0.25) is 0 Å². The van der Waals surface area contributed by atoms with E-state index in [1.54, 1.807) is 29.3 Å². The first-order valence-electron chi connectivity index (χ1n) is 10.4. The van der Waals surface area contributed by atoms with Crippen LogP contribution in [0.15, 0.2) is 51.8 Å². The van der Waals surface area contributed by atoms with Crippen molar-refractivity contribution in [3.05, 3.63) is 70.1 Å². The van der Waals surface area contributed by atoms with E-state index in [1.807, 2.05) is 5.51 Å². The molecule has 2 aliphatic rings. The standard InChI is InChI=1S/C22H17N7O2S/c1-28-8-23-21-19(28)22(30)29(9-24-21)7-17-26-20(27-31-17)18-13-4-12(5-14(13)18)11-2-3-16-15(6-11)25-10-32-16/h2-4,6,8-10,13-14,18H,5,7H2,1H3/t13-,14+,18+/m0/s1. The van der Waals surface area contributed by atoms with Crippen LogP contribution in [0.25, 0.3) is 27.0 Å². The fourth-order valence-electron chi connectivity index (χ4n) is 4.88. The van der Waals surface area contributed by atoms with Gasteiger partial charge in [-0.05, 0) is 41.5 Å². The first-order chi connectivity index (χ1) is 15.7. The van der Waals surface area contributed by atoms with Crippen molar-refractivity contribution in [2.45, 2.75) is 18.9 Å². The predicted molar refractivity (Wildman–Crippen MR) is 118 cm³/mol. The van der Waals surface area contributed by atoms with E-state index in [-0.39, 0.29) is 18.0 Å². The summed E-state index contributed by atoms with van der Waals surface area (Å²) in [7, 11) is 1.77. The zero-order valence-corrected chi connectivity index (χ0v) is 17.9. The van der Waals surface area contributed by atoms with Gasteiger partial charge in [0.2, 0.25) is 5.89 Å². The van der Waals surface area contributed by atoms with Crippen LogP contribution in [0.3, 0.4) is 0 Å². The van der Waals surface area contributed by atoms with Crippen LogP contribution in [-0.2, 0) is 13.6 Å². The van der Waals surface area contributed by atoms with Gasteiger partial charge in [0, 0.05) is 13.0 Å². The number of hydrogen-bond acceptors (Lipinski definition) is 8. The first kappa shape index (κ1) is 18.0. The van der Waals surface area contributed by atoms with Gasteiger partial charge in [-0.3, -0.25) is 9.36 Å². The highest BCUT2D eigenvalue weighted by Gasteiger charge is 2.55. The Morgan fingerprint density at radius 1 is 1.22 bits per heavy atom. The molecule has 158 valence electrons. The fraction of sp³-hybridized carbons (Fsp3) is 0.273. The molecule has 0 bridgehead atoms. The van der Waals surface area contributed by atoms with E-state index in [0.29, 0.717) is 28.9 Å². The second-order valence-electron chi connectivity index (χ2n) is 8.45. The van der Waals surface area contributed by atoms with Crippen LogP contribution < -0.4 is 5.56 Å². The summed E-state index contributed by atoms with van der Waals surface area (Å²) in [5.41, 5.74) is 6.28. The van der Waals surface area contributed by atoms with Crippen LogP contribution in [0.5, 0.6) is 0 Å². The molecular formula is C22H17N7O2S. The minimum atomic E-state index is -0.178. The molecule has 0 aliphatic heterocycles. The molecule has 0 saturated heterocycles. The number of aryl methyl sites for hydroxylation is 1. The van der Waals surface area contributed by atoms with Crippen molar-refractivity contribution in [1.82, 2.24) is 34.2 Å². The maximum Gasteiger partial charge on any atom is 0.280 e. The topological polar surface area (TPSA) is 105 Å². The zero-order chi connectivity index (χ0) is 21.4. The maximum absolute atomic E-state index is 12.7. The number of thiazole rings is 1. The van der Waals surface area contributed by atoms with Gasteiger partial charge in [-0.2, -0.15) is 4.98 Å². The molecule has 0 amide bonds. The van der Waals surface area contributed by atoms with Crippen molar-refractivity contribution in [2.75, 3.05) is 0 Å². The number of benzene rings is 1. The molecule has 1 fully saturated rings. The van der Waals surface area contributed by atoms with Gasteiger partial charge in [-0.15, -0.1) is 11.3 Å². The van der Waals surface area contributed by atoms with Crippen molar-refractivity contribution in [3.63, 3.8) is 0 Å². The maximum atomic E-state index is 12.7. The van der Waals surface area contributed by atoms with Crippen molar-refractivity contribution in [1.29, 1.82) is 0 Å². The van der Waals surface area contributed by atoms with E-state index >= 15 is 0 Å². The van der Waals surface area contributed by atoms with Crippen molar-refractivity contribution in [3.8, 4) is 0 Å². The Morgan fingerprint density at radius 2 is 2.12 bits per heavy atom. The highest BCUT2D eigenvalue weighted by atomic mass is 32.1. The van der Waals surface area contributed by atoms with Crippen LogP contribution in [-0.4, -0.2) is 34.2 Å². The second-order valence-corrected chi connectivity index (χ2v) is 9.34. The molecule has 2 aliphatic carbocycles. The molecule has 5 aromatic rings. The molecule has 0 N–H and O–H groups in total. The minimum absolute atomic E-state index is 0.178. The largest absolute Gasteiger partial charge is 0.337 e. The van der Waals surface area contributed by atoms with Gasteiger partial charge in [0.25, 0.3) is 5.56 Å². The molecule has 0 radical (unpaired) electrons. The molecule has 3 atom stereocenters. The molecule has 0 unspecified atom stereocenters. The summed E-state index contributed by atoms with van der Waals surface area (Å²) in [6, 6.07) is 6.51. The first-order valence-corrected chi connectivity index (χ1v) is 11.3. The normalized spacial score (nSPS) is 21.9. The van der Waals surface area contributed by atoms with Crippen LogP contribution in [0, 0.1) is 11.8 Å². The molecule has 10 heteroatoms. The van der Waals surface area contributed by atoms with E-state index < -0.39 is 0 Å². The molecule has 4 aromatic heterocycles. The van der Waals surface area contributed by atoms with Gasteiger partial charge in [0.15, 0.2) is 17.0 Å². The zero-order valence-electron chi connectivity index (χ0n) is 17.0. The molecule has 1 aromatic carbocycles. The van der Waals surface area contributed by atoms with Crippen LogP contribution in [0.4, 0.5) is 0 Å². The number of imidazole rings is 1. The van der Waals surface area contributed by atoms with Crippen LogP contribution in [0.1, 0.15) is 29.6 Å². The van der Waals surface area contributed by atoms with Gasteiger partial charge in [-0.1, -0.05) is 17.3 Å². The SMILES string of the molecule is Cn1cnc2ncn(Cc3nc([C@@H]4[C@H]5C=C(c6ccc7scnc7c6)C[C@H]54)no3)c(=O)c21. The number of rotatable bonds is 4. The lowest BCUT2D eigenvalue weighted by Crippen LogP contribution is -2.22. The highest BCUT2D eigenvalue weighted by Crippen LogP contribution is 2.62. The Hall–Kier alpha value is -3.66. The predicted octanol–water partition coefficient (Wildman–Crippen LogP) is 2.99. The average Bonchev–Trinajstić information content (AvgIpc) is 3.38. The lowest BCUT2D eigenvalue weighted by molar-refractivity contribution is 0.364. The summed E-state index contributed by atoms with van der Waals surface area (Å²) < 4.78 is 9.82. The molecule has 7 rings (SSSR count). The third kappa shape index (κ3) is 2.62. The number of fused-ring (bicyclic) bond motifs is 3. The smallest absolute Gasteiger partial charge is 0.280 e. The monoisotopic (exact) mass is 443 g/mol. The van der Waals surface area contributed by atoms with Gasteiger partial charge in [0.05, 0.1) is 22.1 Å². The summed E-state index contributed by atoms with van der Waals surface area (Å²) in [5, 5.41) is 4.21. The Bertz CT molecular complexity index is 1610. The van der Waals surface area contributed by atoms with E-state index in [9.17, 15) is 4.79 Å². The quantitative estimate of drug-likeness (QED) is 0.420. The third-order valence-corrected chi connectivity index (χ3v) is 7.38. The Labute approximate surface area is 185 Å². The third-order valence-electron chi connectivity index (χ3n) is 6.57. The van der Waals surface area contributed by atoms with Crippen molar-refractivity contribution in [2.24, 2.45) is 18.9 Å². The molecule has 9 nitrogen and oxygen atoms in total. The molecule has 0 spiro atoms. The molecule has 1 saturated carbocycles. The average molecular weight is 443 g/mol. The van der Waals surface area contributed by atoms with E-state index in [1.165, 1.54) is 26.7 Å². The lowest BCUT2D eigenvalue weighted by Gasteiger charge is -2.05. The number of allylic oxidation sites excluding steroid dienone is 2. The summed E-state index contributed by atoms with van der Waals surface area (Å²) in [6.07, 6.45) is 6.41. The molecule has 32 heavy (non-hydrogen) atoms. The van der Waals surface area contributed by atoms with E-state index in [0.717, 1.165) is 17.8 Å². The van der Waals surface area contributed by atoms with Gasteiger partial charge < -0.3 is 9.09 Å². The van der Waals surface area contributed by atoms with E-state index in [4.69, 9.17) is 4.52 Å². The molecule has 4 heterocycles. The van der Waals surface area contributed by atoms with Crippen LogP contribution >= 0.6 is 11.3 Å². The van der Waals surface area contributed by atoms with Crippen molar-refractivity contribution >= 4 is 38.3 Å². The number of nitrogens with zero attached hydrogens (tertiary/aromatic N) is 7. The lowest BCUT2D eigenvalue weighted by atomic mass is 10.0. The van der Waals surface area contributed by atoms with E-state index in [2.05, 4.69) is 49.4 Å². The summed E-state index contributed by atoms with van der Waals surface area (Å²) in [4.78, 5) is 30.1. The second kappa shape index (κ2) is 6.42. The summed E-state index contributed by atoms with van der Waals surface area (Å²) >= 11 is 1.66. The Kier molecular flexibility index (Phi) is 3.61. The number of hydrogen-bond donors (Lipinski definition) is 0. The fourth-order valence-corrected chi connectivity index (χ4v) is 5.54. The van der Waals surface area contributed by atoms with Gasteiger partial charge in [-0.25, -0.2) is 15.0 Å². The van der Waals surface area contributed by atoms with Gasteiger partial charge >= 0.3 is 0 Å². The van der Waals surface area contributed by atoms with Gasteiger partial charge in [0.1, 0.15) is 12.9 Å². The Morgan fingerprint density at radius 3 is 3.00 bits per heavy atom.